The van der Waals surface area contributed by atoms with Crippen LogP contribution in [0.15, 0.2) is 0 Å². The molecule has 0 saturated heterocycles. The van der Waals surface area contributed by atoms with E-state index in [1.54, 1.807) is 0 Å². The highest BCUT2D eigenvalue weighted by Crippen LogP contribution is 2.16. The minimum atomic E-state index is 0.0110. The number of ether oxygens (including phenoxy) is 1. The van der Waals surface area contributed by atoms with Crippen molar-refractivity contribution in [2.75, 3.05) is 6.61 Å². The van der Waals surface area contributed by atoms with E-state index in [0.717, 1.165) is 19.3 Å². The number of esters is 1. The second-order valence-electron chi connectivity index (χ2n) is 9.29. The maximum Gasteiger partial charge on any atom is 0.305 e. The van der Waals surface area contributed by atoms with Crippen molar-refractivity contribution in [3.05, 3.63) is 0 Å². The van der Waals surface area contributed by atoms with Crippen LogP contribution in [0, 0.1) is 11.8 Å². The first-order valence-corrected chi connectivity index (χ1v) is 12.8. The fraction of sp³-hybridized carbons (Fsp3) is 0.962. The van der Waals surface area contributed by atoms with Crippen LogP contribution >= 0.6 is 0 Å². The van der Waals surface area contributed by atoms with Gasteiger partial charge >= 0.3 is 5.97 Å². The van der Waals surface area contributed by atoms with Crippen molar-refractivity contribution < 1.29 is 9.53 Å². The Kier molecular flexibility index (Phi) is 20.8. The Balaban J connectivity index is 3.29. The van der Waals surface area contributed by atoms with Crippen LogP contribution < -0.4 is 0 Å². The zero-order chi connectivity index (χ0) is 20.9. The number of carbonyl (C=O) groups excluding carboxylic acids is 1. The van der Waals surface area contributed by atoms with Crippen molar-refractivity contribution in [1.82, 2.24) is 0 Å². The van der Waals surface area contributed by atoms with Gasteiger partial charge in [-0.05, 0) is 24.7 Å². The lowest BCUT2D eigenvalue weighted by Gasteiger charge is -2.17. The Bertz CT molecular complexity index is 324. The van der Waals surface area contributed by atoms with Gasteiger partial charge in [0.15, 0.2) is 0 Å². The van der Waals surface area contributed by atoms with Gasteiger partial charge in [0.1, 0.15) is 0 Å². The molecular formula is C26H52O2. The molecule has 1 atom stereocenters. The molecule has 0 bridgehead atoms. The highest BCUT2D eigenvalue weighted by molar-refractivity contribution is 5.69. The molecule has 0 aliphatic carbocycles. The Morgan fingerprint density at radius 1 is 0.679 bits per heavy atom. The van der Waals surface area contributed by atoms with Gasteiger partial charge in [-0.1, -0.05) is 124 Å². The van der Waals surface area contributed by atoms with Gasteiger partial charge in [-0.25, -0.2) is 0 Å². The zero-order valence-electron chi connectivity index (χ0n) is 19.9. The number of carbonyl (C=O) groups is 1. The summed E-state index contributed by atoms with van der Waals surface area (Å²) in [6.45, 7) is 9.56. The summed E-state index contributed by atoms with van der Waals surface area (Å²) in [7, 11) is 0. The van der Waals surface area contributed by atoms with E-state index in [9.17, 15) is 4.79 Å². The van der Waals surface area contributed by atoms with Crippen LogP contribution in [0.5, 0.6) is 0 Å². The van der Waals surface area contributed by atoms with Crippen molar-refractivity contribution in [3.63, 3.8) is 0 Å². The van der Waals surface area contributed by atoms with Gasteiger partial charge in [-0.3, -0.25) is 4.79 Å². The van der Waals surface area contributed by atoms with E-state index in [4.69, 9.17) is 4.74 Å². The maximum atomic E-state index is 11.9. The third-order valence-electron chi connectivity index (χ3n) is 5.85. The summed E-state index contributed by atoms with van der Waals surface area (Å²) in [5.74, 6) is 1.22. The van der Waals surface area contributed by atoms with Gasteiger partial charge in [-0.15, -0.1) is 0 Å². The minimum Gasteiger partial charge on any atom is -0.465 e. The molecule has 0 fully saturated rings. The van der Waals surface area contributed by atoms with Gasteiger partial charge in [0.25, 0.3) is 0 Å². The second-order valence-corrected chi connectivity index (χ2v) is 9.29. The predicted octanol–water partition coefficient (Wildman–Crippen LogP) is 8.86. The highest BCUT2D eigenvalue weighted by atomic mass is 16.5. The second kappa shape index (κ2) is 21.2. The standard InChI is InChI=1S/C26H52O2/c1-5-7-8-9-10-11-12-13-14-15-16-17-18-19-20-21-26(27)28-23-25(6-2)22-24(3)4/h24-25H,5-23H2,1-4H3. The van der Waals surface area contributed by atoms with E-state index in [0.29, 0.717) is 24.9 Å². The molecule has 0 aromatic heterocycles. The van der Waals surface area contributed by atoms with Crippen LogP contribution in [-0.2, 0) is 9.53 Å². The molecule has 0 aliphatic heterocycles. The summed E-state index contributed by atoms with van der Waals surface area (Å²) in [5.41, 5.74) is 0. The number of hydrogen-bond donors (Lipinski definition) is 0. The van der Waals surface area contributed by atoms with Crippen LogP contribution in [0.2, 0.25) is 0 Å². The maximum absolute atomic E-state index is 11.9. The molecule has 1 unspecified atom stereocenters. The Morgan fingerprint density at radius 3 is 1.50 bits per heavy atom. The Hall–Kier alpha value is -0.530. The summed E-state index contributed by atoms with van der Waals surface area (Å²) in [6.07, 6.45) is 23.2. The average molecular weight is 397 g/mol. The Morgan fingerprint density at radius 2 is 1.11 bits per heavy atom. The smallest absolute Gasteiger partial charge is 0.305 e. The molecule has 0 aromatic carbocycles. The normalized spacial score (nSPS) is 12.5. The first-order chi connectivity index (χ1) is 13.6. The lowest BCUT2D eigenvalue weighted by atomic mass is 9.96. The third-order valence-corrected chi connectivity index (χ3v) is 5.85. The van der Waals surface area contributed by atoms with Crippen molar-refractivity contribution >= 4 is 5.97 Å². The lowest BCUT2D eigenvalue weighted by molar-refractivity contribution is -0.145. The van der Waals surface area contributed by atoms with E-state index >= 15 is 0 Å². The lowest BCUT2D eigenvalue weighted by Crippen LogP contribution is -2.15. The monoisotopic (exact) mass is 396 g/mol. The largest absolute Gasteiger partial charge is 0.465 e. The minimum absolute atomic E-state index is 0.0110. The predicted molar refractivity (Wildman–Crippen MR) is 124 cm³/mol. The summed E-state index contributed by atoms with van der Waals surface area (Å²) in [6, 6.07) is 0. The first-order valence-electron chi connectivity index (χ1n) is 12.8. The van der Waals surface area contributed by atoms with Crippen LogP contribution in [-0.4, -0.2) is 12.6 Å². The summed E-state index contributed by atoms with van der Waals surface area (Å²) in [5, 5.41) is 0. The van der Waals surface area contributed by atoms with Crippen LogP contribution in [0.4, 0.5) is 0 Å². The van der Waals surface area contributed by atoms with Crippen molar-refractivity contribution in [2.24, 2.45) is 11.8 Å². The topological polar surface area (TPSA) is 26.3 Å². The van der Waals surface area contributed by atoms with Crippen LogP contribution in [0.1, 0.15) is 143 Å². The number of rotatable bonds is 21. The van der Waals surface area contributed by atoms with E-state index < -0.39 is 0 Å². The SMILES string of the molecule is CCCCCCCCCCCCCCCCCC(=O)OCC(CC)CC(C)C. The molecule has 0 aromatic rings. The fourth-order valence-electron chi connectivity index (χ4n) is 3.94. The van der Waals surface area contributed by atoms with E-state index in [-0.39, 0.29) is 5.97 Å². The molecule has 0 saturated carbocycles. The molecule has 0 amide bonds. The van der Waals surface area contributed by atoms with Gasteiger partial charge in [0, 0.05) is 6.42 Å². The van der Waals surface area contributed by atoms with Gasteiger partial charge in [0.05, 0.1) is 6.61 Å². The Labute approximate surface area is 177 Å². The molecule has 0 radical (unpaired) electrons. The first kappa shape index (κ1) is 27.5. The van der Waals surface area contributed by atoms with Gasteiger partial charge < -0.3 is 4.74 Å². The van der Waals surface area contributed by atoms with Crippen molar-refractivity contribution in [3.8, 4) is 0 Å². The van der Waals surface area contributed by atoms with Crippen LogP contribution in [0.25, 0.3) is 0 Å². The summed E-state index contributed by atoms with van der Waals surface area (Å²) < 4.78 is 5.48. The molecule has 0 aliphatic rings. The molecule has 0 N–H and O–H groups in total. The average Bonchev–Trinajstić information content (AvgIpc) is 2.67. The van der Waals surface area contributed by atoms with E-state index in [1.807, 2.05) is 0 Å². The highest BCUT2D eigenvalue weighted by Gasteiger charge is 2.11. The molecule has 0 rings (SSSR count). The quantitative estimate of drug-likeness (QED) is 0.143. The summed E-state index contributed by atoms with van der Waals surface area (Å²) in [4.78, 5) is 11.9. The summed E-state index contributed by atoms with van der Waals surface area (Å²) >= 11 is 0. The molecule has 2 nitrogen and oxygen atoms in total. The number of hydrogen-bond acceptors (Lipinski definition) is 2. The van der Waals surface area contributed by atoms with Gasteiger partial charge in [0.2, 0.25) is 0 Å². The van der Waals surface area contributed by atoms with E-state index in [2.05, 4.69) is 27.7 Å². The zero-order valence-corrected chi connectivity index (χ0v) is 19.9. The molecule has 2 heteroatoms. The van der Waals surface area contributed by atoms with Gasteiger partial charge in [-0.2, -0.15) is 0 Å². The molecule has 28 heavy (non-hydrogen) atoms. The fourth-order valence-corrected chi connectivity index (χ4v) is 3.94. The number of unbranched alkanes of at least 4 members (excludes halogenated alkanes) is 14. The molecule has 0 spiro atoms. The molecule has 168 valence electrons. The molecule has 0 heterocycles. The van der Waals surface area contributed by atoms with Crippen molar-refractivity contribution in [2.45, 2.75) is 143 Å². The van der Waals surface area contributed by atoms with E-state index in [1.165, 1.54) is 89.9 Å². The third kappa shape index (κ3) is 20.2. The molecular weight excluding hydrogens is 344 g/mol. The van der Waals surface area contributed by atoms with Crippen molar-refractivity contribution in [1.29, 1.82) is 0 Å². The van der Waals surface area contributed by atoms with Crippen LogP contribution in [0.3, 0.4) is 0 Å².